The molecule has 2 bridgehead atoms. The van der Waals surface area contributed by atoms with Crippen molar-refractivity contribution in [2.75, 3.05) is 10.6 Å². The number of hydrogen-bond donors (Lipinski definition) is 3. The molecule has 2 fully saturated rings. The van der Waals surface area contributed by atoms with E-state index in [0.29, 0.717) is 17.5 Å². The van der Waals surface area contributed by atoms with Crippen LogP contribution in [-0.4, -0.2) is 59.9 Å². The van der Waals surface area contributed by atoms with Crippen LogP contribution in [0, 0.1) is 6.92 Å². The van der Waals surface area contributed by atoms with Crippen molar-refractivity contribution in [3.8, 4) is 0 Å². The zero-order valence-corrected chi connectivity index (χ0v) is 19.4. The highest BCUT2D eigenvalue weighted by Crippen LogP contribution is 2.38. The van der Waals surface area contributed by atoms with Gasteiger partial charge in [0.2, 0.25) is 0 Å². The second-order valence-corrected chi connectivity index (χ2v) is 9.93. The number of pyridine rings is 1. The van der Waals surface area contributed by atoms with Crippen molar-refractivity contribution in [3.05, 3.63) is 30.2 Å². The highest BCUT2D eigenvalue weighted by Gasteiger charge is 2.45. The number of carbonyl (C=O) groups is 1. The van der Waals surface area contributed by atoms with E-state index in [1.807, 2.05) is 44.7 Å². The smallest absolute Gasteiger partial charge is 0.410 e. The quantitative estimate of drug-likeness (QED) is 0.542. The van der Waals surface area contributed by atoms with Gasteiger partial charge in [0, 0.05) is 48.3 Å². The monoisotopic (exact) mass is 450 g/mol. The molecule has 0 aliphatic carbocycles. The molecule has 3 aromatic rings. The first kappa shape index (κ1) is 21.4. The number of aryl methyl sites for hydroxylation is 1. The number of carbonyl (C=O) groups excluding carboxylic acids is 1. The van der Waals surface area contributed by atoms with Crippen LogP contribution in [0.25, 0.3) is 11.0 Å². The van der Waals surface area contributed by atoms with Crippen molar-refractivity contribution in [1.82, 2.24) is 30.0 Å². The first-order valence-corrected chi connectivity index (χ1v) is 11.4. The molecule has 5 rings (SSSR count). The maximum Gasteiger partial charge on any atom is 0.410 e. The zero-order chi connectivity index (χ0) is 23.2. The molecule has 3 atom stereocenters. The molecule has 0 radical (unpaired) electrons. The fourth-order valence-corrected chi connectivity index (χ4v) is 4.85. The standard InChI is InChI=1S/C23H30N8O2/c1-13-9-19(30-29-13)27-18-12-17-20(25-8-7-24-17)21(28-18)26-14-10-15-5-6-16(11-14)31(15)22(32)33-23(2,3)4/h7-9,12,14-16H,5-6,10-11H2,1-4H3,(H3,26,27,28,29,30)/t14-,15-,16+. The minimum atomic E-state index is -0.493. The van der Waals surface area contributed by atoms with Crippen LogP contribution >= 0.6 is 0 Å². The molecule has 2 aliphatic heterocycles. The Bertz CT molecular complexity index is 1160. The Balaban J connectivity index is 1.36. The highest BCUT2D eigenvalue weighted by atomic mass is 16.6. The summed E-state index contributed by atoms with van der Waals surface area (Å²) in [5, 5.41) is 14.0. The molecule has 1 amide bonds. The lowest BCUT2D eigenvalue weighted by atomic mass is 9.97. The Morgan fingerprint density at radius 2 is 1.85 bits per heavy atom. The number of ether oxygens (including phenoxy) is 1. The lowest BCUT2D eigenvalue weighted by molar-refractivity contribution is 0.00683. The van der Waals surface area contributed by atoms with Gasteiger partial charge in [0.05, 0.1) is 5.52 Å². The summed E-state index contributed by atoms with van der Waals surface area (Å²) < 4.78 is 5.66. The Morgan fingerprint density at radius 1 is 1.12 bits per heavy atom. The molecular weight excluding hydrogens is 420 g/mol. The van der Waals surface area contributed by atoms with E-state index in [9.17, 15) is 4.79 Å². The van der Waals surface area contributed by atoms with Crippen LogP contribution in [0.2, 0.25) is 0 Å². The number of H-pyrrole nitrogens is 1. The molecule has 3 N–H and O–H groups in total. The second kappa shape index (κ2) is 8.17. The molecule has 0 saturated carbocycles. The van der Waals surface area contributed by atoms with Crippen molar-refractivity contribution >= 4 is 34.6 Å². The maximum atomic E-state index is 12.8. The molecule has 174 valence electrons. The van der Waals surface area contributed by atoms with E-state index in [4.69, 9.17) is 9.72 Å². The average molecular weight is 451 g/mol. The third kappa shape index (κ3) is 4.55. The molecule has 3 aromatic heterocycles. The van der Waals surface area contributed by atoms with Crippen molar-refractivity contribution in [3.63, 3.8) is 0 Å². The number of nitrogens with zero attached hydrogens (tertiary/aromatic N) is 5. The molecule has 10 heteroatoms. The van der Waals surface area contributed by atoms with Crippen LogP contribution in [0.1, 0.15) is 52.1 Å². The molecule has 0 unspecified atom stereocenters. The molecular formula is C23H30N8O2. The van der Waals surface area contributed by atoms with Gasteiger partial charge in [-0.15, -0.1) is 0 Å². The summed E-state index contributed by atoms with van der Waals surface area (Å²) in [5.74, 6) is 2.02. The molecule has 0 spiro atoms. The van der Waals surface area contributed by atoms with Crippen LogP contribution in [0.4, 0.5) is 22.2 Å². The summed E-state index contributed by atoms with van der Waals surface area (Å²) in [5.41, 5.74) is 1.94. The van der Waals surface area contributed by atoms with Crippen molar-refractivity contribution in [2.45, 2.75) is 77.1 Å². The molecule has 10 nitrogen and oxygen atoms in total. The van der Waals surface area contributed by atoms with E-state index < -0.39 is 5.60 Å². The predicted molar refractivity (Wildman–Crippen MR) is 125 cm³/mol. The number of aromatic amines is 1. The minimum absolute atomic E-state index is 0.168. The molecule has 2 saturated heterocycles. The van der Waals surface area contributed by atoms with E-state index in [1.165, 1.54) is 0 Å². The predicted octanol–water partition coefficient (Wildman–Crippen LogP) is 4.14. The summed E-state index contributed by atoms with van der Waals surface area (Å²) >= 11 is 0. The van der Waals surface area contributed by atoms with E-state index in [1.54, 1.807) is 12.4 Å². The zero-order valence-electron chi connectivity index (χ0n) is 19.4. The molecule has 0 aromatic carbocycles. The van der Waals surface area contributed by atoms with Crippen LogP contribution in [0.5, 0.6) is 0 Å². The number of amides is 1. The summed E-state index contributed by atoms with van der Waals surface area (Å²) in [6.45, 7) is 7.67. The lowest BCUT2D eigenvalue weighted by Crippen LogP contribution is -2.51. The summed E-state index contributed by atoms with van der Waals surface area (Å²) in [6, 6.07) is 4.30. The summed E-state index contributed by atoms with van der Waals surface area (Å²) in [4.78, 5) is 28.5. The number of anilines is 3. The van der Waals surface area contributed by atoms with E-state index in [-0.39, 0.29) is 24.2 Å². The first-order valence-electron chi connectivity index (χ1n) is 11.4. The second-order valence-electron chi connectivity index (χ2n) is 9.93. The van der Waals surface area contributed by atoms with Gasteiger partial charge in [-0.1, -0.05) is 0 Å². The Kier molecular flexibility index (Phi) is 5.30. The van der Waals surface area contributed by atoms with Crippen molar-refractivity contribution in [1.29, 1.82) is 0 Å². The number of rotatable bonds is 4. The Morgan fingerprint density at radius 3 is 2.52 bits per heavy atom. The van der Waals surface area contributed by atoms with Crippen LogP contribution in [-0.2, 0) is 4.74 Å². The summed E-state index contributed by atoms with van der Waals surface area (Å²) in [7, 11) is 0. The number of piperidine rings is 1. The normalized spacial score (nSPS) is 22.4. The van der Waals surface area contributed by atoms with Crippen molar-refractivity contribution in [2.24, 2.45) is 0 Å². The highest BCUT2D eigenvalue weighted by molar-refractivity contribution is 5.88. The third-order valence-electron chi connectivity index (χ3n) is 6.10. The van der Waals surface area contributed by atoms with Gasteiger partial charge in [0.1, 0.15) is 16.9 Å². The fraction of sp³-hybridized carbons (Fsp3) is 0.522. The van der Waals surface area contributed by atoms with Gasteiger partial charge in [-0.3, -0.25) is 10.1 Å². The van der Waals surface area contributed by atoms with E-state index >= 15 is 0 Å². The van der Waals surface area contributed by atoms with Gasteiger partial charge in [0.15, 0.2) is 11.6 Å². The largest absolute Gasteiger partial charge is 0.444 e. The van der Waals surface area contributed by atoms with Crippen LogP contribution < -0.4 is 10.6 Å². The number of nitrogens with one attached hydrogen (secondary N) is 3. The fourth-order valence-electron chi connectivity index (χ4n) is 4.85. The van der Waals surface area contributed by atoms with Gasteiger partial charge in [-0.05, 0) is 53.4 Å². The van der Waals surface area contributed by atoms with E-state index in [0.717, 1.165) is 42.4 Å². The van der Waals surface area contributed by atoms with Gasteiger partial charge in [-0.2, -0.15) is 5.10 Å². The first-order chi connectivity index (χ1) is 15.7. The third-order valence-corrected chi connectivity index (χ3v) is 6.10. The average Bonchev–Trinajstić information content (AvgIpc) is 3.27. The molecule has 2 aliphatic rings. The number of fused-ring (bicyclic) bond motifs is 3. The Hall–Kier alpha value is -3.43. The summed E-state index contributed by atoms with van der Waals surface area (Å²) in [6.07, 6.45) is 6.82. The van der Waals surface area contributed by atoms with Crippen LogP contribution in [0.15, 0.2) is 24.5 Å². The maximum absolute atomic E-state index is 12.8. The van der Waals surface area contributed by atoms with Gasteiger partial charge >= 0.3 is 6.09 Å². The Labute approximate surface area is 192 Å². The minimum Gasteiger partial charge on any atom is -0.444 e. The number of aromatic nitrogens is 5. The van der Waals surface area contributed by atoms with Gasteiger partial charge in [-0.25, -0.2) is 14.8 Å². The van der Waals surface area contributed by atoms with Crippen molar-refractivity contribution < 1.29 is 9.53 Å². The van der Waals surface area contributed by atoms with E-state index in [2.05, 4.69) is 30.8 Å². The lowest BCUT2D eigenvalue weighted by Gasteiger charge is -2.39. The van der Waals surface area contributed by atoms with Crippen LogP contribution in [0.3, 0.4) is 0 Å². The molecule has 33 heavy (non-hydrogen) atoms. The van der Waals surface area contributed by atoms with Gasteiger partial charge in [0.25, 0.3) is 0 Å². The number of hydrogen-bond acceptors (Lipinski definition) is 8. The SMILES string of the molecule is Cc1cc(Nc2cc3nccnc3c(N[C@@H]3C[C@H]4CC[C@@H](C3)N4C(=O)OC(C)(C)C)n2)n[nH]1. The topological polar surface area (TPSA) is 121 Å². The molecule has 5 heterocycles. The van der Waals surface area contributed by atoms with Gasteiger partial charge < -0.3 is 20.3 Å².